The standard InChI is InChI=1S/C14H12Cl2F3N3O/c15-4-1-5-21-13(23)9(7-20)8-22-12-3-2-10(16)6-11(12)14(17,18)19/h2-3,6,8,22H,1,4-5H2,(H,21,23)/b9-8-. The van der Waals surface area contributed by atoms with Crippen LogP contribution in [0.15, 0.2) is 30.0 Å². The summed E-state index contributed by atoms with van der Waals surface area (Å²) in [5, 5.41) is 13.6. The van der Waals surface area contributed by atoms with E-state index in [0.717, 1.165) is 18.3 Å². The third-order valence-corrected chi connectivity index (χ3v) is 3.12. The topological polar surface area (TPSA) is 64.9 Å². The Hall–Kier alpha value is -1.91. The van der Waals surface area contributed by atoms with Crippen LogP contribution in [0, 0.1) is 11.3 Å². The van der Waals surface area contributed by atoms with Crippen LogP contribution in [0.4, 0.5) is 18.9 Å². The van der Waals surface area contributed by atoms with Crippen LogP contribution >= 0.6 is 23.2 Å². The summed E-state index contributed by atoms with van der Waals surface area (Å²) in [4.78, 5) is 11.7. The summed E-state index contributed by atoms with van der Waals surface area (Å²) >= 11 is 11.0. The van der Waals surface area contributed by atoms with Gasteiger partial charge in [0, 0.05) is 23.6 Å². The number of carbonyl (C=O) groups excluding carboxylic acids is 1. The number of benzene rings is 1. The highest BCUT2D eigenvalue weighted by Crippen LogP contribution is 2.36. The molecular formula is C14H12Cl2F3N3O. The molecule has 0 bridgehead atoms. The number of nitrogens with zero attached hydrogens (tertiary/aromatic N) is 1. The van der Waals surface area contributed by atoms with E-state index < -0.39 is 17.6 Å². The Morgan fingerprint density at radius 1 is 1.39 bits per heavy atom. The van der Waals surface area contributed by atoms with Gasteiger partial charge in [0.15, 0.2) is 0 Å². The van der Waals surface area contributed by atoms with Gasteiger partial charge < -0.3 is 10.6 Å². The second kappa shape index (κ2) is 8.65. The average molecular weight is 366 g/mol. The van der Waals surface area contributed by atoms with Gasteiger partial charge in [0.2, 0.25) is 0 Å². The molecule has 23 heavy (non-hydrogen) atoms. The molecule has 0 fully saturated rings. The number of amides is 1. The first-order valence-corrected chi connectivity index (χ1v) is 7.28. The van der Waals surface area contributed by atoms with Crippen molar-refractivity contribution in [3.63, 3.8) is 0 Å². The van der Waals surface area contributed by atoms with E-state index in [2.05, 4.69) is 10.6 Å². The molecule has 0 heterocycles. The SMILES string of the molecule is N#C/C(=C/Nc1ccc(Cl)cc1C(F)(F)F)C(=O)NCCCCl. The third-order valence-electron chi connectivity index (χ3n) is 2.62. The molecular weight excluding hydrogens is 354 g/mol. The van der Waals surface area contributed by atoms with Crippen LogP contribution < -0.4 is 10.6 Å². The van der Waals surface area contributed by atoms with Crippen molar-refractivity contribution in [1.29, 1.82) is 5.26 Å². The number of alkyl halides is 4. The summed E-state index contributed by atoms with van der Waals surface area (Å²) in [7, 11) is 0. The molecule has 2 N–H and O–H groups in total. The number of hydrogen-bond acceptors (Lipinski definition) is 3. The van der Waals surface area contributed by atoms with Gasteiger partial charge in [-0.15, -0.1) is 11.6 Å². The first kappa shape index (κ1) is 19.1. The molecule has 0 saturated heterocycles. The molecule has 1 rings (SSSR count). The number of carbonyl (C=O) groups is 1. The zero-order chi connectivity index (χ0) is 17.5. The minimum atomic E-state index is -4.63. The molecule has 9 heteroatoms. The number of hydrogen-bond donors (Lipinski definition) is 2. The van der Waals surface area contributed by atoms with E-state index in [9.17, 15) is 18.0 Å². The second-order valence-corrected chi connectivity index (χ2v) is 5.11. The van der Waals surface area contributed by atoms with Crippen LogP contribution in [0.1, 0.15) is 12.0 Å². The van der Waals surface area contributed by atoms with E-state index >= 15 is 0 Å². The third kappa shape index (κ3) is 6.00. The Morgan fingerprint density at radius 3 is 2.65 bits per heavy atom. The van der Waals surface area contributed by atoms with Crippen molar-refractivity contribution in [2.45, 2.75) is 12.6 Å². The molecule has 0 aromatic heterocycles. The molecule has 1 amide bonds. The summed E-state index contributed by atoms with van der Waals surface area (Å²) in [6.07, 6.45) is -3.21. The Kier molecular flexibility index (Phi) is 7.20. The zero-order valence-electron chi connectivity index (χ0n) is 11.7. The lowest BCUT2D eigenvalue weighted by Gasteiger charge is -2.13. The van der Waals surface area contributed by atoms with Crippen molar-refractivity contribution in [2.24, 2.45) is 0 Å². The van der Waals surface area contributed by atoms with Crippen molar-refractivity contribution in [3.8, 4) is 6.07 Å². The molecule has 0 aliphatic heterocycles. The smallest absolute Gasteiger partial charge is 0.360 e. The molecule has 0 saturated carbocycles. The molecule has 1 aromatic carbocycles. The number of nitriles is 1. The van der Waals surface area contributed by atoms with Gasteiger partial charge in [-0.3, -0.25) is 4.79 Å². The van der Waals surface area contributed by atoms with Gasteiger partial charge in [-0.2, -0.15) is 18.4 Å². The zero-order valence-corrected chi connectivity index (χ0v) is 13.2. The lowest BCUT2D eigenvalue weighted by atomic mass is 10.1. The van der Waals surface area contributed by atoms with E-state index in [0.29, 0.717) is 12.3 Å². The van der Waals surface area contributed by atoms with Crippen molar-refractivity contribution in [2.75, 3.05) is 17.7 Å². The maximum absolute atomic E-state index is 12.9. The van der Waals surface area contributed by atoms with E-state index in [1.54, 1.807) is 6.07 Å². The molecule has 0 unspecified atom stereocenters. The number of halogens is 5. The normalized spacial score (nSPS) is 11.7. The van der Waals surface area contributed by atoms with Crippen LogP contribution in [0.3, 0.4) is 0 Å². The second-order valence-electron chi connectivity index (χ2n) is 4.30. The van der Waals surface area contributed by atoms with Crippen molar-refractivity contribution >= 4 is 34.8 Å². The van der Waals surface area contributed by atoms with E-state index in [4.69, 9.17) is 28.5 Å². The van der Waals surface area contributed by atoms with Gasteiger partial charge in [0.1, 0.15) is 11.6 Å². The molecule has 0 atom stereocenters. The van der Waals surface area contributed by atoms with Gasteiger partial charge in [0.05, 0.1) is 11.3 Å². The van der Waals surface area contributed by atoms with Crippen LogP contribution in [0.2, 0.25) is 5.02 Å². The van der Waals surface area contributed by atoms with Gasteiger partial charge in [-0.1, -0.05) is 11.6 Å². The summed E-state index contributed by atoms with van der Waals surface area (Å²) in [5.74, 6) is -0.364. The van der Waals surface area contributed by atoms with Crippen molar-refractivity contribution < 1.29 is 18.0 Å². The maximum atomic E-state index is 12.9. The fourth-order valence-electron chi connectivity index (χ4n) is 1.54. The van der Waals surface area contributed by atoms with Crippen LogP contribution in [-0.4, -0.2) is 18.3 Å². The van der Waals surface area contributed by atoms with Crippen LogP contribution in [0.25, 0.3) is 0 Å². The first-order chi connectivity index (χ1) is 10.8. The first-order valence-electron chi connectivity index (χ1n) is 6.37. The average Bonchev–Trinajstić information content (AvgIpc) is 2.48. The molecule has 0 spiro atoms. The quantitative estimate of drug-likeness (QED) is 0.347. The predicted molar refractivity (Wildman–Crippen MR) is 82.1 cm³/mol. The summed E-state index contributed by atoms with van der Waals surface area (Å²) in [5.41, 5.74) is -1.67. The Labute approximate surface area is 140 Å². The Balaban J connectivity index is 2.94. The number of anilines is 1. The fourth-order valence-corrected chi connectivity index (χ4v) is 1.85. The highest BCUT2D eigenvalue weighted by atomic mass is 35.5. The molecule has 1 aromatic rings. The maximum Gasteiger partial charge on any atom is 0.418 e. The highest BCUT2D eigenvalue weighted by Gasteiger charge is 2.33. The van der Waals surface area contributed by atoms with Gasteiger partial charge in [-0.25, -0.2) is 0 Å². The Bertz CT molecular complexity index is 639. The minimum Gasteiger partial charge on any atom is -0.360 e. The van der Waals surface area contributed by atoms with Gasteiger partial charge in [0.25, 0.3) is 5.91 Å². The lowest BCUT2D eigenvalue weighted by molar-refractivity contribution is -0.136. The number of nitrogens with one attached hydrogen (secondary N) is 2. The van der Waals surface area contributed by atoms with Gasteiger partial charge >= 0.3 is 6.18 Å². The molecule has 124 valence electrons. The molecule has 0 radical (unpaired) electrons. The fraction of sp³-hybridized carbons (Fsp3) is 0.286. The summed E-state index contributed by atoms with van der Waals surface area (Å²) in [6.45, 7) is 0.260. The summed E-state index contributed by atoms with van der Waals surface area (Å²) < 4.78 is 38.8. The molecule has 4 nitrogen and oxygen atoms in total. The van der Waals surface area contributed by atoms with E-state index in [1.807, 2.05) is 0 Å². The molecule has 0 aliphatic carbocycles. The lowest BCUT2D eigenvalue weighted by Crippen LogP contribution is -2.26. The van der Waals surface area contributed by atoms with Gasteiger partial charge in [-0.05, 0) is 24.6 Å². The minimum absolute atomic E-state index is 0.0776. The highest BCUT2D eigenvalue weighted by molar-refractivity contribution is 6.30. The van der Waals surface area contributed by atoms with Crippen molar-refractivity contribution in [3.05, 3.63) is 40.6 Å². The number of rotatable bonds is 6. The van der Waals surface area contributed by atoms with E-state index in [1.165, 1.54) is 6.07 Å². The molecule has 0 aliphatic rings. The predicted octanol–water partition coefficient (Wildman–Crippen LogP) is 3.92. The van der Waals surface area contributed by atoms with Crippen LogP contribution in [-0.2, 0) is 11.0 Å². The van der Waals surface area contributed by atoms with Crippen molar-refractivity contribution in [1.82, 2.24) is 5.32 Å². The summed E-state index contributed by atoms with van der Waals surface area (Å²) in [6, 6.07) is 4.75. The largest absolute Gasteiger partial charge is 0.418 e. The van der Waals surface area contributed by atoms with Crippen LogP contribution in [0.5, 0.6) is 0 Å². The monoisotopic (exact) mass is 365 g/mol. The van der Waals surface area contributed by atoms with E-state index in [-0.39, 0.29) is 22.8 Å². The Morgan fingerprint density at radius 2 is 2.09 bits per heavy atom.